The van der Waals surface area contributed by atoms with Gasteiger partial charge in [-0.1, -0.05) is 12.2 Å². The van der Waals surface area contributed by atoms with Gasteiger partial charge in [0, 0.05) is 6.54 Å². The van der Waals surface area contributed by atoms with Crippen LogP contribution in [-0.4, -0.2) is 24.7 Å². The Morgan fingerprint density at radius 3 is 3.00 bits per heavy atom. The first-order valence-corrected chi connectivity index (χ1v) is 6.51. The van der Waals surface area contributed by atoms with Crippen LogP contribution in [0.5, 0.6) is 11.5 Å². The number of carbonyl (C=O) groups excluding carboxylic acids is 1. The molecule has 1 atom stereocenters. The summed E-state index contributed by atoms with van der Waals surface area (Å²) in [5, 5.41) is 12.6. The molecular formula is C15H19NO3. The van der Waals surface area contributed by atoms with Crippen molar-refractivity contribution in [2.75, 3.05) is 13.7 Å². The first kappa shape index (κ1) is 13.5. The Morgan fingerprint density at radius 1 is 1.47 bits per heavy atom. The van der Waals surface area contributed by atoms with Gasteiger partial charge in [0.1, 0.15) is 11.5 Å². The monoisotopic (exact) mass is 261 g/mol. The lowest BCUT2D eigenvalue weighted by atomic mass is 9.94. The van der Waals surface area contributed by atoms with Gasteiger partial charge in [0.25, 0.3) is 5.91 Å². The number of aromatic hydroxyl groups is 1. The van der Waals surface area contributed by atoms with Crippen molar-refractivity contribution in [1.29, 1.82) is 0 Å². The summed E-state index contributed by atoms with van der Waals surface area (Å²) in [5.41, 5.74) is 0.255. The number of allylic oxidation sites excluding steroid dienone is 2. The number of phenols is 1. The maximum absolute atomic E-state index is 12.0. The molecule has 0 aliphatic heterocycles. The fourth-order valence-corrected chi connectivity index (χ4v) is 2.20. The number of ether oxygens (including phenoxy) is 1. The number of hydrogen-bond donors (Lipinski definition) is 2. The van der Waals surface area contributed by atoms with Crippen molar-refractivity contribution >= 4 is 5.91 Å². The van der Waals surface area contributed by atoms with E-state index in [1.807, 2.05) is 0 Å². The van der Waals surface area contributed by atoms with E-state index in [1.165, 1.54) is 13.2 Å². The minimum Gasteiger partial charge on any atom is -0.507 e. The maximum Gasteiger partial charge on any atom is 0.255 e. The van der Waals surface area contributed by atoms with E-state index in [0.29, 0.717) is 18.2 Å². The highest BCUT2D eigenvalue weighted by molar-refractivity contribution is 5.97. The lowest BCUT2D eigenvalue weighted by Crippen LogP contribution is -2.29. The molecule has 0 heterocycles. The number of carbonyl (C=O) groups is 1. The number of nitrogens with one attached hydrogen (secondary N) is 1. The summed E-state index contributed by atoms with van der Waals surface area (Å²) in [6, 6.07) is 4.64. The second kappa shape index (κ2) is 6.27. The van der Waals surface area contributed by atoms with Gasteiger partial charge in [0.2, 0.25) is 0 Å². The second-order valence-corrected chi connectivity index (χ2v) is 4.74. The zero-order valence-corrected chi connectivity index (χ0v) is 11.1. The smallest absolute Gasteiger partial charge is 0.255 e. The average Bonchev–Trinajstić information content (AvgIpc) is 2.46. The number of amides is 1. The van der Waals surface area contributed by atoms with E-state index < -0.39 is 0 Å². The van der Waals surface area contributed by atoms with Crippen LogP contribution in [0, 0.1) is 5.92 Å². The van der Waals surface area contributed by atoms with Crippen LogP contribution in [0.3, 0.4) is 0 Å². The lowest BCUT2D eigenvalue weighted by molar-refractivity contribution is 0.0943. The van der Waals surface area contributed by atoms with Gasteiger partial charge in [0.05, 0.1) is 12.7 Å². The molecule has 19 heavy (non-hydrogen) atoms. The second-order valence-electron chi connectivity index (χ2n) is 4.74. The minimum absolute atomic E-state index is 0.0261. The number of methoxy groups -OCH3 is 1. The number of phenolic OH excluding ortho intramolecular Hbond substituents is 1. The van der Waals surface area contributed by atoms with Crippen LogP contribution < -0.4 is 10.1 Å². The Balaban J connectivity index is 1.97. The van der Waals surface area contributed by atoms with Gasteiger partial charge in [0.15, 0.2) is 0 Å². The SMILES string of the molecule is COc1ccc(O)c(C(=O)NCC2CC=CCC2)c1. The van der Waals surface area contributed by atoms with Crippen molar-refractivity contribution in [3.63, 3.8) is 0 Å². The van der Waals surface area contributed by atoms with Gasteiger partial charge < -0.3 is 15.2 Å². The Kier molecular flexibility index (Phi) is 4.44. The molecule has 2 rings (SSSR count). The molecule has 1 aliphatic rings. The highest BCUT2D eigenvalue weighted by atomic mass is 16.5. The highest BCUT2D eigenvalue weighted by Gasteiger charge is 2.15. The van der Waals surface area contributed by atoms with Gasteiger partial charge in [-0.05, 0) is 43.4 Å². The van der Waals surface area contributed by atoms with E-state index >= 15 is 0 Å². The first-order chi connectivity index (χ1) is 9.20. The minimum atomic E-state index is -0.258. The predicted molar refractivity (Wildman–Crippen MR) is 73.5 cm³/mol. The summed E-state index contributed by atoms with van der Waals surface area (Å²) in [6.45, 7) is 0.639. The van der Waals surface area contributed by atoms with Crippen LogP contribution in [-0.2, 0) is 0 Å². The maximum atomic E-state index is 12.0. The number of benzene rings is 1. The molecule has 0 aromatic heterocycles. The van der Waals surface area contributed by atoms with Gasteiger partial charge in [-0.15, -0.1) is 0 Å². The topological polar surface area (TPSA) is 58.6 Å². The van der Waals surface area contributed by atoms with Crippen molar-refractivity contribution in [2.45, 2.75) is 19.3 Å². The fourth-order valence-electron chi connectivity index (χ4n) is 2.20. The standard InChI is InChI=1S/C15H19NO3/c1-19-12-7-8-14(17)13(9-12)15(18)16-10-11-5-3-2-4-6-11/h2-3,7-9,11,17H,4-6,10H2,1H3,(H,16,18). The summed E-state index contributed by atoms with van der Waals surface area (Å²) in [7, 11) is 1.53. The molecule has 1 aromatic carbocycles. The van der Waals surface area contributed by atoms with Crippen LogP contribution in [0.1, 0.15) is 29.6 Å². The van der Waals surface area contributed by atoms with Gasteiger partial charge in [-0.2, -0.15) is 0 Å². The van der Waals surface area contributed by atoms with Gasteiger partial charge in [-0.3, -0.25) is 4.79 Å². The molecule has 4 heteroatoms. The Hall–Kier alpha value is -1.97. The van der Waals surface area contributed by atoms with E-state index in [-0.39, 0.29) is 17.2 Å². The zero-order chi connectivity index (χ0) is 13.7. The molecule has 0 radical (unpaired) electrons. The molecule has 0 spiro atoms. The third kappa shape index (κ3) is 3.50. The quantitative estimate of drug-likeness (QED) is 0.819. The first-order valence-electron chi connectivity index (χ1n) is 6.51. The molecule has 0 fully saturated rings. The van der Waals surface area contributed by atoms with E-state index in [2.05, 4.69) is 17.5 Å². The molecule has 0 saturated carbocycles. The van der Waals surface area contributed by atoms with Gasteiger partial charge in [-0.25, -0.2) is 0 Å². The van der Waals surface area contributed by atoms with Crippen LogP contribution in [0.15, 0.2) is 30.4 Å². The zero-order valence-electron chi connectivity index (χ0n) is 11.1. The predicted octanol–water partition coefficient (Wildman–Crippen LogP) is 2.49. The molecule has 102 valence electrons. The number of hydrogen-bond acceptors (Lipinski definition) is 3. The van der Waals surface area contributed by atoms with Crippen molar-refractivity contribution in [1.82, 2.24) is 5.32 Å². The molecule has 0 saturated heterocycles. The molecule has 1 aromatic rings. The fraction of sp³-hybridized carbons (Fsp3) is 0.400. The molecule has 2 N–H and O–H groups in total. The Morgan fingerprint density at radius 2 is 2.32 bits per heavy atom. The Labute approximate surface area is 113 Å². The van der Waals surface area contributed by atoms with Crippen molar-refractivity contribution in [3.8, 4) is 11.5 Å². The third-order valence-corrected chi connectivity index (χ3v) is 3.38. The molecule has 0 bridgehead atoms. The van der Waals surface area contributed by atoms with Crippen molar-refractivity contribution in [3.05, 3.63) is 35.9 Å². The molecule has 1 aliphatic carbocycles. The normalized spacial score (nSPS) is 18.1. The summed E-state index contributed by atoms with van der Waals surface area (Å²) in [4.78, 5) is 12.0. The molecular weight excluding hydrogens is 242 g/mol. The largest absolute Gasteiger partial charge is 0.507 e. The van der Waals surface area contributed by atoms with Crippen LogP contribution >= 0.6 is 0 Å². The number of rotatable bonds is 4. The van der Waals surface area contributed by atoms with Gasteiger partial charge >= 0.3 is 0 Å². The summed E-state index contributed by atoms with van der Waals surface area (Å²) < 4.78 is 5.05. The van der Waals surface area contributed by atoms with Crippen molar-refractivity contribution < 1.29 is 14.6 Å². The van der Waals surface area contributed by atoms with E-state index in [1.54, 1.807) is 12.1 Å². The van der Waals surface area contributed by atoms with Crippen LogP contribution in [0.4, 0.5) is 0 Å². The molecule has 4 nitrogen and oxygen atoms in total. The van der Waals surface area contributed by atoms with E-state index in [0.717, 1.165) is 19.3 Å². The van der Waals surface area contributed by atoms with E-state index in [9.17, 15) is 9.90 Å². The lowest BCUT2D eigenvalue weighted by Gasteiger charge is -2.18. The summed E-state index contributed by atoms with van der Waals surface area (Å²) in [6.07, 6.45) is 7.51. The summed E-state index contributed by atoms with van der Waals surface area (Å²) in [5.74, 6) is 0.762. The average molecular weight is 261 g/mol. The highest BCUT2D eigenvalue weighted by Crippen LogP contribution is 2.23. The molecule has 1 unspecified atom stereocenters. The molecule has 1 amide bonds. The van der Waals surface area contributed by atoms with E-state index in [4.69, 9.17) is 4.74 Å². The third-order valence-electron chi connectivity index (χ3n) is 3.38. The summed E-state index contributed by atoms with van der Waals surface area (Å²) >= 11 is 0. The Bertz CT molecular complexity index is 482. The van der Waals surface area contributed by atoms with Crippen LogP contribution in [0.2, 0.25) is 0 Å². The van der Waals surface area contributed by atoms with Crippen molar-refractivity contribution in [2.24, 2.45) is 5.92 Å². The van der Waals surface area contributed by atoms with Crippen LogP contribution in [0.25, 0.3) is 0 Å².